The van der Waals surface area contributed by atoms with Gasteiger partial charge in [0.25, 0.3) is 0 Å². The van der Waals surface area contributed by atoms with E-state index in [2.05, 4.69) is 0 Å². The number of aryl methyl sites for hydroxylation is 1. The molecular formula is C17H18ClF4NO2. The Hall–Kier alpha value is -1.76. The van der Waals surface area contributed by atoms with Crippen molar-refractivity contribution in [1.82, 2.24) is 4.57 Å². The number of alkyl halides is 4. The van der Waals surface area contributed by atoms with Gasteiger partial charge in [0.1, 0.15) is 11.4 Å². The number of benzene rings is 1. The lowest BCUT2D eigenvalue weighted by atomic mass is 10.1. The second-order valence-corrected chi connectivity index (χ2v) is 6.97. The molecule has 138 valence electrons. The topological polar surface area (TPSA) is 31.2 Å². The average Bonchev–Trinajstić information content (AvgIpc) is 2.80. The normalized spacial score (nSPS) is 12.6. The SMILES string of the molecule is CC(C)(C)OC(=O)n1c(CCl)cc2cc(F)cc(CCC(F)(F)F)c21. The number of fused-ring (bicyclic) bond motifs is 1. The van der Waals surface area contributed by atoms with Crippen LogP contribution >= 0.6 is 11.6 Å². The van der Waals surface area contributed by atoms with Gasteiger partial charge < -0.3 is 4.74 Å². The average molecular weight is 380 g/mol. The van der Waals surface area contributed by atoms with Gasteiger partial charge in [0.05, 0.1) is 11.4 Å². The van der Waals surface area contributed by atoms with E-state index in [9.17, 15) is 22.4 Å². The predicted octanol–water partition coefficient (Wildman–Crippen LogP) is 5.80. The van der Waals surface area contributed by atoms with Gasteiger partial charge in [-0.05, 0) is 51.0 Å². The van der Waals surface area contributed by atoms with Crippen LogP contribution in [-0.4, -0.2) is 22.4 Å². The quantitative estimate of drug-likeness (QED) is 0.498. The smallest absolute Gasteiger partial charge is 0.419 e. The monoisotopic (exact) mass is 379 g/mol. The van der Waals surface area contributed by atoms with Crippen LogP contribution in [0.15, 0.2) is 18.2 Å². The molecule has 0 spiro atoms. The fourth-order valence-corrected chi connectivity index (χ4v) is 2.73. The number of hydrogen-bond acceptors (Lipinski definition) is 2. The molecule has 2 aromatic rings. The molecule has 8 heteroatoms. The zero-order valence-electron chi connectivity index (χ0n) is 14.0. The zero-order chi connectivity index (χ0) is 19.0. The van der Waals surface area contributed by atoms with Crippen LogP contribution in [0.4, 0.5) is 22.4 Å². The highest BCUT2D eigenvalue weighted by atomic mass is 35.5. The third-order valence-corrected chi connectivity index (χ3v) is 3.68. The van der Waals surface area contributed by atoms with E-state index in [1.54, 1.807) is 20.8 Å². The Morgan fingerprint density at radius 2 is 1.84 bits per heavy atom. The molecule has 1 aromatic heterocycles. The van der Waals surface area contributed by atoms with Crippen molar-refractivity contribution < 1.29 is 27.1 Å². The molecule has 2 rings (SSSR count). The molecular weight excluding hydrogens is 362 g/mol. The molecule has 0 fully saturated rings. The van der Waals surface area contributed by atoms with Crippen LogP contribution in [0.25, 0.3) is 10.9 Å². The fourth-order valence-electron chi connectivity index (χ4n) is 2.53. The van der Waals surface area contributed by atoms with Crippen LogP contribution < -0.4 is 0 Å². The molecule has 0 atom stereocenters. The lowest BCUT2D eigenvalue weighted by molar-refractivity contribution is -0.133. The summed E-state index contributed by atoms with van der Waals surface area (Å²) in [5, 5.41) is 0.304. The molecule has 0 unspecified atom stereocenters. The first-order valence-electron chi connectivity index (χ1n) is 7.60. The summed E-state index contributed by atoms with van der Waals surface area (Å²) in [6.07, 6.45) is -6.73. The Labute approximate surface area is 147 Å². The number of carbonyl (C=O) groups is 1. The summed E-state index contributed by atoms with van der Waals surface area (Å²) in [6.45, 7) is 5.00. The van der Waals surface area contributed by atoms with Gasteiger partial charge in [-0.3, -0.25) is 0 Å². The van der Waals surface area contributed by atoms with Crippen molar-refractivity contribution >= 4 is 28.6 Å². The summed E-state index contributed by atoms with van der Waals surface area (Å²) >= 11 is 5.86. The second-order valence-electron chi connectivity index (χ2n) is 6.70. The van der Waals surface area contributed by atoms with E-state index >= 15 is 0 Å². The third kappa shape index (κ3) is 4.87. The number of nitrogens with zero attached hydrogens (tertiary/aromatic N) is 1. The molecule has 0 radical (unpaired) electrons. The highest BCUT2D eigenvalue weighted by Crippen LogP contribution is 2.30. The number of rotatable bonds is 3. The number of hydrogen-bond donors (Lipinski definition) is 0. The van der Waals surface area contributed by atoms with Crippen LogP contribution in [0.3, 0.4) is 0 Å². The van der Waals surface area contributed by atoms with Crippen molar-refractivity contribution in [3.05, 3.63) is 35.3 Å². The highest BCUT2D eigenvalue weighted by molar-refractivity contribution is 6.17. The Kier molecular flexibility index (Phi) is 5.37. The van der Waals surface area contributed by atoms with Crippen LogP contribution in [0.5, 0.6) is 0 Å². The van der Waals surface area contributed by atoms with Gasteiger partial charge in [0.2, 0.25) is 0 Å². The summed E-state index contributed by atoms with van der Waals surface area (Å²) in [7, 11) is 0. The van der Waals surface area contributed by atoms with Crippen LogP contribution in [0, 0.1) is 5.82 Å². The Morgan fingerprint density at radius 3 is 2.36 bits per heavy atom. The van der Waals surface area contributed by atoms with Crippen LogP contribution in [0.2, 0.25) is 0 Å². The van der Waals surface area contributed by atoms with Crippen molar-refractivity contribution in [3.8, 4) is 0 Å². The molecule has 1 heterocycles. The van der Waals surface area contributed by atoms with E-state index in [4.69, 9.17) is 16.3 Å². The Balaban J connectivity index is 2.60. The molecule has 0 aliphatic heterocycles. The standard InChI is InChI=1S/C17H18ClF4NO2/c1-16(2,3)25-15(24)23-13(9-18)8-11-7-12(19)6-10(14(11)23)4-5-17(20,21)22/h6-8H,4-5,9H2,1-3H3. The third-order valence-electron chi connectivity index (χ3n) is 3.41. The molecule has 25 heavy (non-hydrogen) atoms. The first-order chi connectivity index (χ1) is 11.4. The zero-order valence-corrected chi connectivity index (χ0v) is 14.8. The minimum absolute atomic E-state index is 0.0751. The molecule has 0 saturated heterocycles. The van der Waals surface area contributed by atoms with Gasteiger partial charge >= 0.3 is 12.3 Å². The van der Waals surface area contributed by atoms with E-state index in [1.807, 2.05) is 0 Å². The molecule has 0 saturated carbocycles. The largest absolute Gasteiger partial charge is 0.443 e. The minimum Gasteiger partial charge on any atom is -0.443 e. The first-order valence-corrected chi connectivity index (χ1v) is 8.13. The summed E-state index contributed by atoms with van der Waals surface area (Å²) in [5.74, 6) is -0.749. The van der Waals surface area contributed by atoms with Gasteiger partial charge in [0.15, 0.2) is 0 Å². The fraction of sp³-hybridized carbons (Fsp3) is 0.471. The molecule has 0 N–H and O–H groups in total. The highest BCUT2D eigenvalue weighted by Gasteiger charge is 2.29. The van der Waals surface area contributed by atoms with Gasteiger partial charge in [-0.15, -0.1) is 11.6 Å². The molecule has 0 aliphatic carbocycles. The maximum absolute atomic E-state index is 13.8. The van der Waals surface area contributed by atoms with Crippen molar-refractivity contribution in [2.75, 3.05) is 0 Å². The van der Waals surface area contributed by atoms with Gasteiger partial charge in [0, 0.05) is 17.5 Å². The predicted molar refractivity (Wildman–Crippen MR) is 87.5 cm³/mol. The molecule has 1 aromatic carbocycles. The maximum Gasteiger partial charge on any atom is 0.419 e. The van der Waals surface area contributed by atoms with Crippen molar-refractivity contribution in [1.29, 1.82) is 0 Å². The van der Waals surface area contributed by atoms with Crippen LogP contribution in [0.1, 0.15) is 38.4 Å². The molecule has 0 amide bonds. The lowest BCUT2D eigenvalue weighted by Crippen LogP contribution is -2.28. The number of carbonyl (C=O) groups excluding carboxylic acids is 1. The maximum atomic E-state index is 13.8. The minimum atomic E-state index is -4.39. The molecule has 0 aliphatic rings. The number of aromatic nitrogens is 1. The summed E-state index contributed by atoms with van der Waals surface area (Å²) in [5.41, 5.74) is -0.210. The van der Waals surface area contributed by atoms with E-state index in [0.717, 1.165) is 16.7 Å². The Morgan fingerprint density at radius 1 is 1.20 bits per heavy atom. The first kappa shape index (κ1) is 19.6. The van der Waals surface area contributed by atoms with Gasteiger partial charge in [-0.25, -0.2) is 13.8 Å². The van der Waals surface area contributed by atoms with E-state index in [-0.39, 0.29) is 17.0 Å². The Bertz CT molecular complexity index is 791. The molecule has 0 bridgehead atoms. The molecule has 3 nitrogen and oxygen atoms in total. The van der Waals surface area contributed by atoms with Crippen LogP contribution in [-0.2, 0) is 17.0 Å². The van der Waals surface area contributed by atoms with E-state index < -0.39 is 36.5 Å². The summed E-state index contributed by atoms with van der Waals surface area (Å²) in [4.78, 5) is 12.5. The number of halogens is 5. The second kappa shape index (κ2) is 6.86. The number of ether oxygens (including phenoxy) is 1. The van der Waals surface area contributed by atoms with Crippen molar-refractivity contribution in [2.24, 2.45) is 0 Å². The van der Waals surface area contributed by atoms with Gasteiger partial charge in [-0.2, -0.15) is 13.2 Å². The summed E-state index contributed by atoms with van der Waals surface area (Å²) in [6, 6.07) is 3.64. The van der Waals surface area contributed by atoms with Gasteiger partial charge in [-0.1, -0.05) is 0 Å². The van der Waals surface area contributed by atoms with Crippen molar-refractivity contribution in [2.45, 2.75) is 51.3 Å². The van der Waals surface area contributed by atoms with Crippen molar-refractivity contribution in [3.63, 3.8) is 0 Å². The van der Waals surface area contributed by atoms with E-state index in [1.165, 1.54) is 6.07 Å². The van der Waals surface area contributed by atoms with E-state index in [0.29, 0.717) is 11.1 Å². The lowest BCUT2D eigenvalue weighted by Gasteiger charge is -2.21. The summed E-state index contributed by atoms with van der Waals surface area (Å²) < 4.78 is 58.0.